The highest BCUT2D eigenvalue weighted by Gasteiger charge is 2.36. The van der Waals surface area contributed by atoms with E-state index in [4.69, 9.17) is 16.7 Å². The molecule has 1 fully saturated rings. The third kappa shape index (κ3) is 5.88. The lowest BCUT2D eigenvalue weighted by molar-refractivity contribution is -0.387. The molecule has 3 amide bonds. The van der Waals surface area contributed by atoms with Gasteiger partial charge in [0.15, 0.2) is 0 Å². The second-order valence-electron chi connectivity index (χ2n) is 6.38. The molecule has 9 nitrogen and oxygen atoms in total. The Morgan fingerprint density at radius 3 is 2.75 bits per heavy atom. The predicted molar refractivity (Wildman–Crippen MR) is 124 cm³/mol. The number of nitro benzene ring substituents is 1. The molecular formula is C20H16ClN3O6S2. The summed E-state index contributed by atoms with van der Waals surface area (Å²) in [6.07, 6.45) is 1.37. The number of aliphatic hydroxyl groups is 1. The lowest BCUT2D eigenvalue weighted by Gasteiger charge is -2.12. The number of nitrogens with one attached hydrogen (secondary N) is 1. The molecule has 1 heterocycles. The summed E-state index contributed by atoms with van der Waals surface area (Å²) in [5.74, 6) is -0.935. The average Bonchev–Trinajstić information content (AvgIpc) is 3.00. The van der Waals surface area contributed by atoms with Crippen LogP contribution in [0, 0.1) is 10.1 Å². The average molecular weight is 494 g/mol. The van der Waals surface area contributed by atoms with E-state index in [1.165, 1.54) is 24.3 Å². The van der Waals surface area contributed by atoms with Crippen LogP contribution in [-0.4, -0.2) is 50.9 Å². The van der Waals surface area contributed by atoms with Gasteiger partial charge in [0.2, 0.25) is 5.91 Å². The number of nitro groups is 1. The first kappa shape index (κ1) is 23.8. The monoisotopic (exact) mass is 493 g/mol. The van der Waals surface area contributed by atoms with Crippen LogP contribution in [0.15, 0.2) is 52.3 Å². The fourth-order valence-corrected chi connectivity index (χ4v) is 4.53. The van der Waals surface area contributed by atoms with E-state index in [9.17, 15) is 24.5 Å². The Balaban J connectivity index is 1.74. The molecule has 166 valence electrons. The quantitative estimate of drug-likeness (QED) is 0.244. The van der Waals surface area contributed by atoms with Gasteiger partial charge in [0.05, 0.1) is 21.3 Å². The highest BCUT2D eigenvalue weighted by atomic mass is 35.5. The van der Waals surface area contributed by atoms with Gasteiger partial charge in [-0.1, -0.05) is 23.7 Å². The number of anilines is 1. The summed E-state index contributed by atoms with van der Waals surface area (Å²) in [4.78, 5) is 49.2. The molecule has 1 saturated heterocycles. The molecule has 2 aromatic carbocycles. The zero-order valence-corrected chi connectivity index (χ0v) is 18.7. The molecule has 1 aliphatic rings. The van der Waals surface area contributed by atoms with Gasteiger partial charge in [-0.3, -0.25) is 29.4 Å². The van der Waals surface area contributed by atoms with Gasteiger partial charge in [-0.2, -0.15) is 0 Å². The van der Waals surface area contributed by atoms with E-state index in [-0.39, 0.29) is 17.2 Å². The maximum atomic E-state index is 12.6. The molecule has 0 spiro atoms. The van der Waals surface area contributed by atoms with Gasteiger partial charge in [-0.15, -0.1) is 11.8 Å². The Morgan fingerprint density at radius 1 is 1.28 bits per heavy atom. The van der Waals surface area contributed by atoms with Gasteiger partial charge in [-0.25, -0.2) is 0 Å². The topological polar surface area (TPSA) is 130 Å². The number of halogens is 1. The van der Waals surface area contributed by atoms with Crippen molar-refractivity contribution in [2.75, 3.05) is 24.2 Å². The van der Waals surface area contributed by atoms with Crippen LogP contribution >= 0.6 is 35.1 Å². The summed E-state index contributed by atoms with van der Waals surface area (Å²) >= 11 is 7.66. The molecule has 32 heavy (non-hydrogen) atoms. The molecular weight excluding hydrogens is 478 g/mol. The number of imide groups is 1. The van der Waals surface area contributed by atoms with Crippen molar-refractivity contribution in [2.45, 2.75) is 4.90 Å². The number of hydrogen-bond donors (Lipinski definition) is 2. The fraction of sp³-hybridized carbons (Fsp3) is 0.150. The molecule has 3 rings (SSSR count). The molecule has 0 aliphatic carbocycles. The van der Waals surface area contributed by atoms with Crippen LogP contribution in [0.25, 0.3) is 6.08 Å². The van der Waals surface area contributed by atoms with Gasteiger partial charge < -0.3 is 10.4 Å². The van der Waals surface area contributed by atoms with Crippen LogP contribution in [0.1, 0.15) is 5.56 Å². The Hall–Kier alpha value is -2.86. The maximum Gasteiger partial charge on any atom is 0.294 e. The second-order valence-corrected chi connectivity index (χ2v) is 8.95. The number of amides is 3. The largest absolute Gasteiger partial charge is 0.396 e. The number of nitrogens with zero attached hydrogens (tertiary/aromatic N) is 2. The molecule has 0 unspecified atom stereocenters. The molecule has 1 aliphatic heterocycles. The van der Waals surface area contributed by atoms with Gasteiger partial charge in [0, 0.05) is 22.5 Å². The number of thioether (sulfide) groups is 2. The zero-order valence-electron chi connectivity index (χ0n) is 16.3. The van der Waals surface area contributed by atoms with Crippen molar-refractivity contribution >= 4 is 69.6 Å². The summed E-state index contributed by atoms with van der Waals surface area (Å²) in [7, 11) is 0. The zero-order chi connectivity index (χ0) is 23.3. The minimum atomic E-state index is -0.664. The minimum absolute atomic E-state index is 0.0515. The Morgan fingerprint density at radius 2 is 2.06 bits per heavy atom. The SMILES string of the molecule is O=C(CN1C(=O)SC(=Cc2ccc(SCCO)c([N+](=O)[O-])c2)C1=O)Nc1cccc(Cl)c1. The van der Waals surface area contributed by atoms with Crippen LogP contribution < -0.4 is 5.32 Å². The molecule has 2 aromatic rings. The van der Waals surface area contributed by atoms with Crippen LogP contribution in [0.5, 0.6) is 0 Å². The van der Waals surface area contributed by atoms with Gasteiger partial charge >= 0.3 is 0 Å². The predicted octanol–water partition coefficient (Wildman–Crippen LogP) is 4.01. The lowest BCUT2D eigenvalue weighted by atomic mass is 10.2. The van der Waals surface area contributed by atoms with Crippen LogP contribution in [0.4, 0.5) is 16.2 Å². The third-order valence-electron chi connectivity index (χ3n) is 4.11. The fourth-order valence-electron chi connectivity index (χ4n) is 2.74. The Kier molecular flexibility index (Phi) is 7.91. The van der Waals surface area contributed by atoms with E-state index < -0.39 is 28.5 Å². The molecule has 0 aromatic heterocycles. The van der Waals surface area contributed by atoms with Gasteiger partial charge in [-0.05, 0) is 47.7 Å². The molecule has 2 N–H and O–H groups in total. The van der Waals surface area contributed by atoms with Crippen molar-refractivity contribution in [3.8, 4) is 0 Å². The van der Waals surface area contributed by atoms with E-state index >= 15 is 0 Å². The first-order chi connectivity index (χ1) is 15.3. The van der Waals surface area contributed by atoms with Crippen molar-refractivity contribution in [3.05, 3.63) is 68.1 Å². The highest BCUT2D eigenvalue weighted by molar-refractivity contribution is 8.18. The van der Waals surface area contributed by atoms with Crippen molar-refractivity contribution in [3.63, 3.8) is 0 Å². The van der Waals surface area contributed by atoms with Gasteiger partial charge in [0.25, 0.3) is 16.8 Å². The van der Waals surface area contributed by atoms with Crippen LogP contribution in [0.3, 0.4) is 0 Å². The summed E-state index contributed by atoms with van der Waals surface area (Å²) in [6.45, 7) is -0.604. The summed E-state index contributed by atoms with van der Waals surface area (Å²) in [5, 5.41) is 22.7. The normalized spacial score (nSPS) is 14.8. The van der Waals surface area contributed by atoms with Crippen molar-refractivity contribution in [1.29, 1.82) is 0 Å². The molecule has 0 atom stereocenters. The third-order valence-corrected chi connectivity index (χ3v) is 6.30. The molecule has 0 saturated carbocycles. The standard InChI is InChI=1S/C20H16ClN3O6S2/c21-13-2-1-3-14(10-13)22-18(26)11-23-19(27)17(32-20(23)28)9-12-4-5-16(31-7-6-25)15(8-12)24(29)30/h1-5,8-10,25H,6-7,11H2,(H,22,26). The van der Waals surface area contributed by atoms with Gasteiger partial charge in [0.1, 0.15) is 6.54 Å². The first-order valence-electron chi connectivity index (χ1n) is 9.11. The minimum Gasteiger partial charge on any atom is -0.396 e. The van der Waals surface area contributed by atoms with Crippen molar-refractivity contribution in [2.24, 2.45) is 0 Å². The molecule has 0 bridgehead atoms. The summed E-state index contributed by atoms with van der Waals surface area (Å²) in [6, 6.07) is 10.8. The van der Waals surface area contributed by atoms with E-state index in [1.54, 1.807) is 24.3 Å². The van der Waals surface area contributed by atoms with E-state index in [0.717, 1.165) is 16.7 Å². The number of carbonyl (C=O) groups is 3. The number of rotatable bonds is 8. The Labute approximate surface area is 196 Å². The first-order valence-corrected chi connectivity index (χ1v) is 11.3. The smallest absolute Gasteiger partial charge is 0.294 e. The van der Waals surface area contributed by atoms with E-state index in [1.807, 2.05) is 0 Å². The van der Waals surface area contributed by atoms with Crippen LogP contribution in [0.2, 0.25) is 5.02 Å². The summed E-state index contributed by atoms with van der Waals surface area (Å²) in [5.41, 5.74) is 0.618. The van der Waals surface area contributed by atoms with E-state index in [0.29, 0.717) is 38.7 Å². The number of hydrogen-bond acceptors (Lipinski definition) is 8. The Bertz CT molecular complexity index is 1120. The van der Waals surface area contributed by atoms with E-state index in [2.05, 4.69) is 5.32 Å². The number of aliphatic hydroxyl groups excluding tert-OH is 1. The molecule has 0 radical (unpaired) electrons. The summed E-state index contributed by atoms with van der Waals surface area (Å²) < 4.78 is 0. The molecule has 12 heteroatoms. The van der Waals surface area contributed by atoms with Crippen molar-refractivity contribution < 1.29 is 24.4 Å². The second kappa shape index (κ2) is 10.6. The lowest BCUT2D eigenvalue weighted by Crippen LogP contribution is -2.36. The number of benzene rings is 2. The highest BCUT2D eigenvalue weighted by Crippen LogP contribution is 2.35. The maximum absolute atomic E-state index is 12.6. The van der Waals surface area contributed by atoms with Crippen molar-refractivity contribution in [1.82, 2.24) is 4.90 Å². The number of carbonyl (C=O) groups excluding carboxylic acids is 3. The van der Waals surface area contributed by atoms with Crippen LogP contribution in [-0.2, 0) is 9.59 Å².